The first-order valence-electron chi connectivity index (χ1n) is 9.34. The normalized spacial score (nSPS) is 20.7. The number of rotatable bonds is 3. The summed E-state index contributed by atoms with van der Waals surface area (Å²) in [5, 5.41) is 2.25. The Morgan fingerprint density at radius 3 is 2.92 bits per heavy atom. The first-order valence-corrected chi connectivity index (χ1v) is 11.1. The van der Waals surface area contributed by atoms with E-state index in [1.165, 1.54) is 41.5 Å². The molecular formula is C19H25N3OS2. The highest BCUT2D eigenvalue weighted by Gasteiger charge is 2.25. The van der Waals surface area contributed by atoms with Crippen molar-refractivity contribution in [2.75, 3.05) is 12.3 Å². The molecule has 2 aliphatic rings. The Labute approximate surface area is 157 Å². The molecule has 0 aromatic carbocycles. The van der Waals surface area contributed by atoms with E-state index in [1.54, 1.807) is 11.8 Å². The van der Waals surface area contributed by atoms with Crippen molar-refractivity contribution in [3.05, 3.63) is 16.3 Å². The first-order chi connectivity index (χ1) is 12.1. The van der Waals surface area contributed by atoms with E-state index in [1.807, 2.05) is 18.3 Å². The average Bonchev–Trinajstić information content (AvgIpc) is 2.97. The molecule has 0 spiro atoms. The van der Waals surface area contributed by atoms with Crippen LogP contribution in [-0.4, -0.2) is 39.1 Å². The molecule has 3 heterocycles. The topological polar surface area (TPSA) is 46.1 Å². The molecule has 6 heteroatoms. The highest BCUT2D eigenvalue weighted by molar-refractivity contribution is 8.00. The molecule has 2 aromatic heterocycles. The van der Waals surface area contributed by atoms with Crippen molar-refractivity contribution in [1.82, 2.24) is 14.9 Å². The Morgan fingerprint density at radius 1 is 1.24 bits per heavy atom. The number of piperidine rings is 1. The molecule has 1 fully saturated rings. The number of nitrogens with zero attached hydrogens (tertiary/aromatic N) is 3. The number of thiophene rings is 1. The van der Waals surface area contributed by atoms with E-state index in [4.69, 9.17) is 4.98 Å². The molecule has 1 aliphatic heterocycles. The molecule has 0 radical (unpaired) electrons. The molecule has 2 aromatic rings. The Bertz CT molecular complexity index is 802. The van der Waals surface area contributed by atoms with Crippen LogP contribution >= 0.6 is 23.1 Å². The largest absolute Gasteiger partial charge is 0.339 e. The fourth-order valence-corrected chi connectivity index (χ4v) is 6.37. The van der Waals surface area contributed by atoms with E-state index in [2.05, 4.69) is 16.8 Å². The van der Waals surface area contributed by atoms with E-state index in [-0.39, 0.29) is 5.91 Å². The smallest absolute Gasteiger partial charge is 0.233 e. The fraction of sp³-hybridized carbons (Fsp3) is 0.632. The van der Waals surface area contributed by atoms with Crippen molar-refractivity contribution in [3.8, 4) is 0 Å². The Balaban J connectivity index is 1.58. The summed E-state index contributed by atoms with van der Waals surface area (Å²) in [6.45, 7) is 5.04. The van der Waals surface area contributed by atoms with Gasteiger partial charge >= 0.3 is 0 Å². The summed E-state index contributed by atoms with van der Waals surface area (Å²) in [5.74, 6) is 1.55. The van der Waals surface area contributed by atoms with Crippen LogP contribution in [0.2, 0.25) is 0 Å². The van der Waals surface area contributed by atoms with Gasteiger partial charge in [-0.3, -0.25) is 4.79 Å². The van der Waals surface area contributed by atoms with Gasteiger partial charge in [-0.2, -0.15) is 0 Å². The second kappa shape index (κ2) is 7.23. The summed E-state index contributed by atoms with van der Waals surface area (Å²) < 4.78 is 0. The Kier molecular flexibility index (Phi) is 5.00. The lowest BCUT2D eigenvalue weighted by Gasteiger charge is -2.33. The van der Waals surface area contributed by atoms with Gasteiger partial charge in [0, 0.05) is 22.8 Å². The van der Waals surface area contributed by atoms with E-state index in [0.29, 0.717) is 11.8 Å². The fourth-order valence-electron chi connectivity index (χ4n) is 4.01. The number of likely N-dealkylation sites (tertiary alicyclic amines) is 1. The predicted octanol–water partition coefficient (Wildman–Crippen LogP) is 4.37. The molecular weight excluding hydrogens is 350 g/mol. The van der Waals surface area contributed by atoms with E-state index in [9.17, 15) is 4.79 Å². The molecule has 1 amide bonds. The Hall–Kier alpha value is -1.14. The summed E-state index contributed by atoms with van der Waals surface area (Å²) in [4.78, 5) is 26.7. The lowest BCUT2D eigenvalue weighted by atomic mass is 9.97. The number of carbonyl (C=O) groups is 1. The number of carbonyl (C=O) groups excluding carboxylic acids is 1. The van der Waals surface area contributed by atoms with Crippen LogP contribution in [0.4, 0.5) is 0 Å². The summed E-state index contributed by atoms with van der Waals surface area (Å²) in [5.41, 5.74) is 1.45. The molecule has 1 atom stereocenters. The third kappa shape index (κ3) is 3.43. The third-order valence-electron chi connectivity index (χ3n) is 5.35. The maximum Gasteiger partial charge on any atom is 0.233 e. The van der Waals surface area contributed by atoms with Crippen LogP contribution in [0.15, 0.2) is 5.03 Å². The minimum atomic E-state index is 0.255. The van der Waals surface area contributed by atoms with E-state index < -0.39 is 0 Å². The maximum atomic E-state index is 12.7. The van der Waals surface area contributed by atoms with Gasteiger partial charge in [0.2, 0.25) is 5.91 Å². The quantitative estimate of drug-likeness (QED) is 0.590. The minimum absolute atomic E-state index is 0.255. The molecule has 0 bridgehead atoms. The third-order valence-corrected chi connectivity index (χ3v) is 7.49. The first kappa shape index (κ1) is 17.3. The van der Waals surface area contributed by atoms with Crippen molar-refractivity contribution in [2.45, 2.75) is 69.9 Å². The van der Waals surface area contributed by atoms with Gasteiger partial charge in [0.15, 0.2) is 0 Å². The average molecular weight is 376 g/mol. The maximum absolute atomic E-state index is 12.7. The van der Waals surface area contributed by atoms with Crippen molar-refractivity contribution < 1.29 is 4.79 Å². The standard InChI is InChI=1S/C19H25N3OS2/c1-12-7-5-6-10-22(12)16(23)11-24-18-17-14-8-3-4-9-15(14)25-19(17)21-13(2)20-18/h12H,3-11H2,1-2H3. The molecule has 134 valence electrons. The minimum Gasteiger partial charge on any atom is -0.339 e. The lowest BCUT2D eigenvalue weighted by molar-refractivity contribution is -0.131. The highest BCUT2D eigenvalue weighted by Crippen LogP contribution is 2.39. The molecule has 1 saturated heterocycles. The van der Waals surface area contributed by atoms with Crippen LogP contribution in [0.25, 0.3) is 10.2 Å². The summed E-state index contributed by atoms with van der Waals surface area (Å²) in [6, 6.07) is 0.378. The van der Waals surface area contributed by atoms with Gasteiger partial charge in [-0.15, -0.1) is 11.3 Å². The zero-order chi connectivity index (χ0) is 17.4. The number of aryl methyl sites for hydroxylation is 3. The summed E-state index contributed by atoms with van der Waals surface area (Å²) >= 11 is 3.44. The van der Waals surface area contributed by atoms with Gasteiger partial charge in [0.05, 0.1) is 5.75 Å². The molecule has 25 heavy (non-hydrogen) atoms. The molecule has 4 nitrogen and oxygen atoms in total. The molecule has 0 N–H and O–H groups in total. The molecule has 1 aliphatic carbocycles. The lowest BCUT2D eigenvalue weighted by Crippen LogP contribution is -2.42. The second-order valence-electron chi connectivity index (χ2n) is 7.19. The van der Waals surface area contributed by atoms with Gasteiger partial charge in [0.25, 0.3) is 0 Å². The monoisotopic (exact) mass is 375 g/mol. The highest BCUT2D eigenvalue weighted by atomic mass is 32.2. The van der Waals surface area contributed by atoms with Crippen molar-refractivity contribution in [1.29, 1.82) is 0 Å². The van der Waals surface area contributed by atoms with Crippen molar-refractivity contribution >= 4 is 39.2 Å². The molecule has 0 saturated carbocycles. The second-order valence-corrected chi connectivity index (χ2v) is 9.24. The van der Waals surface area contributed by atoms with Gasteiger partial charge < -0.3 is 4.90 Å². The number of hydrogen-bond acceptors (Lipinski definition) is 5. The van der Waals surface area contributed by atoms with Crippen LogP contribution in [0, 0.1) is 6.92 Å². The summed E-state index contributed by atoms with van der Waals surface area (Å²) in [6.07, 6.45) is 8.34. The number of thioether (sulfide) groups is 1. The molecule has 4 rings (SSSR count). The van der Waals surface area contributed by atoms with Gasteiger partial charge in [0.1, 0.15) is 15.7 Å². The van der Waals surface area contributed by atoms with Crippen LogP contribution in [0.1, 0.15) is 55.3 Å². The number of hydrogen-bond donors (Lipinski definition) is 0. The number of fused-ring (bicyclic) bond motifs is 3. The van der Waals surface area contributed by atoms with Crippen molar-refractivity contribution in [3.63, 3.8) is 0 Å². The molecule has 1 unspecified atom stereocenters. The van der Waals surface area contributed by atoms with E-state index >= 15 is 0 Å². The van der Waals surface area contributed by atoms with E-state index in [0.717, 1.165) is 41.5 Å². The van der Waals surface area contributed by atoms with Crippen LogP contribution < -0.4 is 0 Å². The van der Waals surface area contributed by atoms with Crippen LogP contribution in [-0.2, 0) is 17.6 Å². The predicted molar refractivity (Wildman–Crippen MR) is 105 cm³/mol. The SMILES string of the molecule is Cc1nc(SCC(=O)N2CCCCC2C)c2c3c(sc2n1)CCCC3. The number of amides is 1. The number of aromatic nitrogens is 2. The van der Waals surface area contributed by atoms with Crippen LogP contribution in [0.3, 0.4) is 0 Å². The van der Waals surface area contributed by atoms with Gasteiger partial charge in [-0.1, -0.05) is 11.8 Å². The zero-order valence-corrected chi connectivity index (χ0v) is 16.6. The summed E-state index contributed by atoms with van der Waals surface area (Å²) in [7, 11) is 0. The Morgan fingerprint density at radius 2 is 2.08 bits per heavy atom. The van der Waals surface area contributed by atoms with Gasteiger partial charge in [-0.25, -0.2) is 9.97 Å². The zero-order valence-electron chi connectivity index (χ0n) is 15.0. The van der Waals surface area contributed by atoms with Crippen molar-refractivity contribution in [2.24, 2.45) is 0 Å². The van der Waals surface area contributed by atoms with Gasteiger partial charge in [-0.05, 0) is 64.4 Å². The van der Waals surface area contributed by atoms with Crippen LogP contribution in [0.5, 0.6) is 0 Å².